The molecule has 0 saturated carbocycles. The first-order valence-corrected chi connectivity index (χ1v) is 6.64. The quantitative estimate of drug-likeness (QED) is 0.910. The zero-order valence-corrected chi connectivity index (χ0v) is 10.9. The summed E-state index contributed by atoms with van der Waals surface area (Å²) in [4.78, 5) is 12.7. The van der Waals surface area contributed by atoms with Crippen LogP contribution in [0.4, 0.5) is 4.79 Å². The van der Waals surface area contributed by atoms with Gasteiger partial charge in [-0.2, -0.15) is 0 Å². The van der Waals surface area contributed by atoms with Gasteiger partial charge in [0.2, 0.25) is 0 Å². The lowest BCUT2D eigenvalue weighted by Gasteiger charge is -2.12. The van der Waals surface area contributed by atoms with Gasteiger partial charge in [0.25, 0.3) is 0 Å². The Hall–Kier alpha value is -1.81. The molecule has 18 heavy (non-hydrogen) atoms. The minimum atomic E-state index is -0.389. The number of hydrogen-bond acceptors (Lipinski definition) is 3. The van der Waals surface area contributed by atoms with Crippen LogP contribution in [0, 0.1) is 0 Å². The number of alkyl carbamates (subject to hydrolysis) is 1. The zero-order valence-electron chi connectivity index (χ0n) is 10.1. The summed E-state index contributed by atoms with van der Waals surface area (Å²) in [7, 11) is 0. The van der Waals surface area contributed by atoms with Crippen molar-refractivity contribution in [1.82, 2.24) is 5.32 Å². The summed E-state index contributed by atoms with van der Waals surface area (Å²) >= 11 is 1.62. The molecular weight excluding hydrogens is 246 g/mol. The predicted molar refractivity (Wildman–Crippen MR) is 72.5 cm³/mol. The summed E-state index contributed by atoms with van der Waals surface area (Å²) < 4.78 is 5.15. The fourth-order valence-electron chi connectivity index (χ4n) is 1.55. The van der Waals surface area contributed by atoms with Crippen molar-refractivity contribution in [2.24, 2.45) is 0 Å². The Labute approximate surface area is 110 Å². The first-order valence-electron chi connectivity index (χ1n) is 5.76. The molecule has 2 rings (SSSR count). The summed E-state index contributed by atoms with van der Waals surface area (Å²) in [6.45, 7) is 2.24. The molecule has 4 heteroatoms. The van der Waals surface area contributed by atoms with Crippen LogP contribution in [0.2, 0.25) is 0 Å². The van der Waals surface area contributed by atoms with E-state index < -0.39 is 0 Å². The van der Waals surface area contributed by atoms with Gasteiger partial charge in [-0.3, -0.25) is 0 Å². The van der Waals surface area contributed by atoms with Crippen LogP contribution in [0.15, 0.2) is 47.8 Å². The summed E-state index contributed by atoms with van der Waals surface area (Å²) in [6, 6.07) is 13.6. The summed E-state index contributed by atoms with van der Waals surface area (Å²) in [6.07, 6.45) is -0.389. The molecule has 1 aromatic carbocycles. The minimum Gasteiger partial charge on any atom is -0.445 e. The van der Waals surface area contributed by atoms with Crippen molar-refractivity contribution in [2.45, 2.75) is 19.6 Å². The van der Waals surface area contributed by atoms with Gasteiger partial charge in [0.15, 0.2) is 0 Å². The standard InChI is InChI=1S/C14H15NO2S/c1-11(13-8-5-9-18-13)15-14(16)17-10-12-6-3-2-4-7-12/h2-9,11H,10H2,1H3,(H,15,16). The molecule has 0 bridgehead atoms. The topological polar surface area (TPSA) is 38.3 Å². The summed E-state index contributed by atoms with van der Waals surface area (Å²) in [5, 5.41) is 4.79. The molecule has 3 nitrogen and oxygen atoms in total. The number of amides is 1. The van der Waals surface area contributed by atoms with Gasteiger partial charge < -0.3 is 10.1 Å². The van der Waals surface area contributed by atoms with Gasteiger partial charge in [0.1, 0.15) is 6.61 Å². The lowest BCUT2D eigenvalue weighted by Crippen LogP contribution is -2.26. The smallest absolute Gasteiger partial charge is 0.407 e. The number of rotatable bonds is 4. The molecule has 1 N–H and O–H groups in total. The number of hydrogen-bond donors (Lipinski definition) is 1. The van der Waals surface area contributed by atoms with Crippen molar-refractivity contribution < 1.29 is 9.53 Å². The maximum Gasteiger partial charge on any atom is 0.407 e. The Kier molecular flexibility index (Phi) is 4.36. The monoisotopic (exact) mass is 261 g/mol. The second-order valence-corrected chi connectivity index (χ2v) is 4.92. The summed E-state index contributed by atoms with van der Waals surface area (Å²) in [5.74, 6) is 0. The number of ether oxygens (including phenoxy) is 1. The predicted octanol–water partition coefficient (Wildman–Crippen LogP) is 3.74. The van der Waals surface area contributed by atoms with E-state index in [1.807, 2.05) is 54.8 Å². The molecule has 0 spiro atoms. The first kappa shape index (κ1) is 12.6. The number of thiophene rings is 1. The third kappa shape index (κ3) is 3.60. The second kappa shape index (κ2) is 6.21. The Bertz CT molecular complexity index is 482. The summed E-state index contributed by atoms with van der Waals surface area (Å²) in [5.41, 5.74) is 0.983. The Morgan fingerprint density at radius 2 is 2.06 bits per heavy atom. The Morgan fingerprint density at radius 1 is 1.28 bits per heavy atom. The first-order chi connectivity index (χ1) is 8.75. The van der Waals surface area contributed by atoms with E-state index in [1.165, 1.54) is 0 Å². The van der Waals surface area contributed by atoms with Gasteiger partial charge in [-0.05, 0) is 23.9 Å². The minimum absolute atomic E-state index is 0.0201. The van der Waals surface area contributed by atoms with E-state index in [1.54, 1.807) is 11.3 Å². The third-order valence-corrected chi connectivity index (χ3v) is 3.57. The molecular formula is C14H15NO2S. The maximum atomic E-state index is 11.6. The fourth-order valence-corrected chi connectivity index (χ4v) is 2.28. The Morgan fingerprint density at radius 3 is 2.72 bits per heavy atom. The van der Waals surface area contributed by atoms with Gasteiger partial charge in [0.05, 0.1) is 6.04 Å². The molecule has 94 valence electrons. The fraction of sp³-hybridized carbons (Fsp3) is 0.214. The van der Waals surface area contributed by atoms with E-state index in [-0.39, 0.29) is 12.1 Å². The van der Waals surface area contributed by atoms with Crippen molar-refractivity contribution in [1.29, 1.82) is 0 Å². The van der Waals surface area contributed by atoms with Gasteiger partial charge in [-0.25, -0.2) is 4.79 Å². The van der Waals surface area contributed by atoms with Gasteiger partial charge in [0, 0.05) is 4.88 Å². The van der Waals surface area contributed by atoms with Crippen molar-refractivity contribution >= 4 is 17.4 Å². The van der Waals surface area contributed by atoms with Crippen LogP contribution in [0.3, 0.4) is 0 Å². The molecule has 1 amide bonds. The van der Waals surface area contributed by atoms with E-state index >= 15 is 0 Å². The van der Waals surface area contributed by atoms with Crippen LogP contribution < -0.4 is 5.32 Å². The number of carbonyl (C=O) groups excluding carboxylic acids is 1. The third-order valence-electron chi connectivity index (χ3n) is 2.52. The lowest BCUT2D eigenvalue weighted by molar-refractivity contribution is 0.136. The maximum absolute atomic E-state index is 11.6. The molecule has 0 fully saturated rings. The zero-order chi connectivity index (χ0) is 12.8. The highest BCUT2D eigenvalue weighted by Gasteiger charge is 2.10. The Balaban J connectivity index is 1.79. The van der Waals surface area contributed by atoms with Gasteiger partial charge >= 0.3 is 6.09 Å². The molecule has 0 aliphatic rings. The van der Waals surface area contributed by atoms with Crippen molar-refractivity contribution in [3.05, 3.63) is 58.3 Å². The molecule has 0 radical (unpaired) electrons. The van der Waals surface area contributed by atoms with Crippen LogP contribution >= 0.6 is 11.3 Å². The van der Waals surface area contributed by atoms with Crippen LogP contribution in [-0.2, 0) is 11.3 Å². The SMILES string of the molecule is CC(NC(=O)OCc1ccccc1)c1cccs1. The molecule has 1 aromatic heterocycles. The van der Waals surface area contributed by atoms with Crippen molar-refractivity contribution in [3.8, 4) is 0 Å². The molecule has 0 aliphatic carbocycles. The van der Waals surface area contributed by atoms with Crippen LogP contribution in [0.25, 0.3) is 0 Å². The van der Waals surface area contributed by atoms with E-state index in [4.69, 9.17) is 4.74 Å². The van der Waals surface area contributed by atoms with Crippen molar-refractivity contribution in [2.75, 3.05) is 0 Å². The average Bonchev–Trinajstić information content (AvgIpc) is 2.91. The molecule has 0 aliphatic heterocycles. The number of nitrogens with one attached hydrogen (secondary N) is 1. The van der Waals surface area contributed by atoms with E-state index in [0.29, 0.717) is 6.61 Å². The van der Waals surface area contributed by atoms with Crippen LogP contribution in [0.5, 0.6) is 0 Å². The normalized spacial score (nSPS) is 11.8. The van der Waals surface area contributed by atoms with E-state index in [2.05, 4.69) is 5.32 Å². The number of benzene rings is 1. The molecule has 1 atom stereocenters. The molecule has 1 unspecified atom stereocenters. The van der Waals surface area contributed by atoms with Gasteiger partial charge in [-0.1, -0.05) is 36.4 Å². The number of carbonyl (C=O) groups is 1. The largest absolute Gasteiger partial charge is 0.445 e. The lowest BCUT2D eigenvalue weighted by atomic mass is 10.2. The highest BCUT2D eigenvalue weighted by Crippen LogP contribution is 2.18. The van der Waals surface area contributed by atoms with Crippen molar-refractivity contribution in [3.63, 3.8) is 0 Å². The second-order valence-electron chi connectivity index (χ2n) is 3.94. The van der Waals surface area contributed by atoms with E-state index in [0.717, 1.165) is 10.4 Å². The average molecular weight is 261 g/mol. The highest BCUT2D eigenvalue weighted by atomic mass is 32.1. The van der Waals surface area contributed by atoms with E-state index in [9.17, 15) is 4.79 Å². The van der Waals surface area contributed by atoms with Crippen LogP contribution in [0.1, 0.15) is 23.4 Å². The van der Waals surface area contributed by atoms with Crippen LogP contribution in [-0.4, -0.2) is 6.09 Å². The molecule has 0 saturated heterocycles. The van der Waals surface area contributed by atoms with Gasteiger partial charge in [-0.15, -0.1) is 11.3 Å². The molecule has 2 aromatic rings. The molecule has 1 heterocycles. The highest BCUT2D eigenvalue weighted by molar-refractivity contribution is 7.10.